The second kappa shape index (κ2) is 8.32. The van der Waals surface area contributed by atoms with Crippen LogP contribution in [0.2, 0.25) is 0 Å². The Morgan fingerprint density at radius 2 is 2.04 bits per heavy atom. The van der Waals surface area contributed by atoms with Crippen molar-refractivity contribution in [1.82, 2.24) is 20.0 Å². The molecule has 2 N–H and O–H groups in total. The zero-order valence-corrected chi connectivity index (χ0v) is 16.7. The average Bonchev–Trinajstić information content (AvgIpc) is 3.14. The molecule has 1 saturated heterocycles. The third kappa shape index (κ3) is 4.05. The van der Waals surface area contributed by atoms with Crippen LogP contribution < -0.4 is 5.32 Å². The van der Waals surface area contributed by atoms with Crippen molar-refractivity contribution >= 4 is 11.7 Å². The zero-order valence-electron chi connectivity index (χ0n) is 16.7. The fourth-order valence-electron chi connectivity index (χ4n) is 3.94. The van der Waals surface area contributed by atoms with Gasteiger partial charge in [-0.3, -0.25) is 10.00 Å². The highest BCUT2D eigenvalue weighted by Gasteiger charge is 2.26. The van der Waals surface area contributed by atoms with Crippen LogP contribution in [0.25, 0.3) is 0 Å². The Bertz CT molecular complexity index is 826. The molecule has 0 bridgehead atoms. The smallest absolute Gasteiger partial charge is 0.322 e. The predicted molar refractivity (Wildman–Crippen MR) is 108 cm³/mol. The number of anilines is 1. The van der Waals surface area contributed by atoms with Crippen molar-refractivity contribution in [3.8, 4) is 0 Å². The number of H-pyrrole nitrogens is 1. The molecular formula is C21H29N5O2. The van der Waals surface area contributed by atoms with E-state index in [1.807, 2.05) is 23.1 Å². The molecule has 3 heterocycles. The lowest BCUT2D eigenvalue weighted by Crippen LogP contribution is -2.39. The Labute approximate surface area is 166 Å². The Balaban J connectivity index is 1.45. The van der Waals surface area contributed by atoms with E-state index < -0.39 is 0 Å². The molecule has 0 atom stereocenters. The molecule has 2 aliphatic rings. The highest BCUT2D eigenvalue weighted by Crippen LogP contribution is 2.26. The van der Waals surface area contributed by atoms with E-state index in [1.54, 1.807) is 0 Å². The highest BCUT2D eigenvalue weighted by atomic mass is 16.5. The lowest BCUT2D eigenvalue weighted by Gasteiger charge is -2.29. The minimum atomic E-state index is -0.0454. The number of aromatic amines is 1. The van der Waals surface area contributed by atoms with Crippen molar-refractivity contribution < 1.29 is 9.53 Å². The SMILES string of the molecule is CC(C)c1n[nH]c2c1CN(C(=O)Nc1ccccc1CN1CCOCC1)CC2. The van der Waals surface area contributed by atoms with Crippen molar-refractivity contribution in [2.45, 2.75) is 39.3 Å². The third-order valence-corrected chi connectivity index (χ3v) is 5.56. The molecule has 0 spiro atoms. The number of ether oxygens (including phenoxy) is 1. The normalized spacial score (nSPS) is 17.6. The van der Waals surface area contributed by atoms with E-state index >= 15 is 0 Å². The summed E-state index contributed by atoms with van der Waals surface area (Å²) in [6.07, 6.45) is 0.817. The van der Waals surface area contributed by atoms with Crippen LogP contribution in [0, 0.1) is 0 Å². The number of aromatic nitrogens is 2. The Kier molecular flexibility index (Phi) is 5.64. The topological polar surface area (TPSA) is 73.5 Å². The van der Waals surface area contributed by atoms with E-state index in [1.165, 1.54) is 11.3 Å². The van der Waals surface area contributed by atoms with Gasteiger partial charge in [-0.25, -0.2) is 4.79 Å². The first-order valence-electron chi connectivity index (χ1n) is 10.1. The van der Waals surface area contributed by atoms with E-state index in [0.717, 1.165) is 56.2 Å². The molecule has 1 fully saturated rings. The van der Waals surface area contributed by atoms with E-state index in [0.29, 0.717) is 19.0 Å². The third-order valence-electron chi connectivity index (χ3n) is 5.56. The standard InChI is InChI=1S/C21H29N5O2/c1-15(2)20-17-14-26(8-7-19(17)23-24-20)21(27)22-18-6-4-3-5-16(18)13-25-9-11-28-12-10-25/h3-6,15H,7-14H2,1-2H3,(H,22,27)(H,23,24). The fourth-order valence-corrected chi connectivity index (χ4v) is 3.94. The zero-order chi connectivity index (χ0) is 19.5. The fraction of sp³-hybridized carbons (Fsp3) is 0.524. The second-order valence-electron chi connectivity index (χ2n) is 7.87. The molecule has 28 heavy (non-hydrogen) atoms. The van der Waals surface area contributed by atoms with Crippen molar-refractivity contribution in [3.63, 3.8) is 0 Å². The number of nitrogens with zero attached hydrogens (tertiary/aromatic N) is 3. The van der Waals surface area contributed by atoms with Crippen LogP contribution in [0.15, 0.2) is 24.3 Å². The number of benzene rings is 1. The van der Waals surface area contributed by atoms with Crippen LogP contribution in [-0.2, 0) is 24.2 Å². The summed E-state index contributed by atoms with van der Waals surface area (Å²) in [4.78, 5) is 17.2. The number of para-hydroxylation sites is 1. The molecule has 150 valence electrons. The number of hydrogen-bond donors (Lipinski definition) is 2. The van der Waals surface area contributed by atoms with Crippen LogP contribution in [0.1, 0.15) is 42.3 Å². The molecule has 0 aliphatic carbocycles. The molecule has 7 heteroatoms. The number of fused-ring (bicyclic) bond motifs is 1. The van der Waals surface area contributed by atoms with Gasteiger partial charge in [-0.15, -0.1) is 0 Å². The molecule has 0 saturated carbocycles. The second-order valence-corrected chi connectivity index (χ2v) is 7.87. The summed E-state index contributed by atoms with van der Waals surface area (Å²) >= 11 is 0. The highest BCUT2D eigenvalue weighted by molar-refractivity contribution is 5.90. The van der Waals surface area contributed by atoms with Gasteiger partial charge in [-0.05, 0) is 17.5 Å². The van der Waals surface area contributed by atoms with Gasteiger partial charge < -0.3 is 15.0 Å². The quantitative estimate of drug-likeness (QED) is 0.851. The maximum Gasteiger partial charge on any atom is 0.322 e. The van der Waals surface area contributed by atoms with Gasteiger partial charge in [0.05, 0.1) is 25.5 Å². The van der Waals surface area contributed by atoms with Crippen LogP contribution in [0.3, 0.4) is 0 Å². The van der Waals surface area contributed by atoms with Crippen LogP contribution in [-0.4, -0.2) is 58.9 Å². The number of amides is 2. The van der Waals surface area contributed by atoms with Crippen molar-refractivity contribution in [2.75, 3.05) is 38.2 Å². The lowest BCUT2D eigenvalue weighted by atomic mass is 10.00. The van der Waals surface area contributed by atoms with Crippen molar-refractivity contribution in [2.24, 2.45) is 0 Å². The summed E-state index contributed by atoms with van der Waals surface area (Å²) in [7, 11) is 0. The Hall–Kier alpha value is -2.38. The summed E-state index contributed by atoms with van der Waals surface area (Å²) in [6.45, 7) is 9.80. The van der Waals surface area contributed by atoms with Gasteiger partial charge in [0.2, 0.25) is 0 Å². The van der Waals surface area contributed by atoms with Crippen molar-refractivity contribution in [1.29, 1.82) is 0 Å². The van der Waals surface area contributed by atoms with E-state index in [2.05, 4.69) is 40.3 Å². The maximum atomic E-state index is 13.0. The van der Waals surface area contributed by atoms with E-state index in [9.17, 15) is 4.79 Å². The van der Waals surface area contributed by atoms with E-state index in [-0.39, 0.29) is 6.03 Å². The van der Waals surface area contributed by atoms with Gasteiger partial charge in [-0.1, -0.05) is 32.0 Å². The number of urea groups is 1. The van der Waals surface area contributed by atoms with E-state index in [4.69, 9.17) is 4.74 Å². The first-order chi connectivity index (χ1) is 13.6. The molecule has 2 aromatic rings. The lowest BCUT2D eigenvalue weighted by molar-refractivity contribution is 0.0342. The van der Waals surface area contributed by atoms with Gasteiger partial charge >= 0.3 is 6.03 Å². The van der Waals surface area contributed by atoms with Crippen LogP contribution >= 0.6 is 0 Å². The van der Waals surface area contributed by atoms with Crippen LogP contribution in [0.5, 0.6) is 0 Å². The number of rotatable bonds is 4. The first kappa shape index (κ1) is 19.0. The van der Waals surface area contributed by atoms with Gasteiger partial charge in [0, 0.05) is 49.5 Å². The molecule has 1 aromatic carbocycles. The minimum absolute atomic E-state index is 0.0454. The number of morpholine rings is 1. The Morgan fingerprint density at radius 3 is 2.82 bits per heavy atom. The van der Waals surface area contributed by atoms with Gasteiger partial charge in [0.25, 0.3) is 0 Å². The summed E-state index contributed by atoms with van der Waals surface area (Å²) in [5.74, 6) is 0.345. The number of carbonyl (C=O) groups excluding carboxylic acids is 1. The maximum absolute atomic E-state index is 13.0. The molecule has 2 amide bonds. The summed E-state index contributed by atoms with van der Waals surface area (Å²) in [5.41, 5.74) is 5.45. The van der Waals surface area contributed by atoms with Gasteiger partial charge in [0.15, 0.2) is 0 Å². The predicted octanol–water partition coefficient (Wildman–Crippen LogP) is 2.96. The van der Waals surface area contributed by atoms with Crippen molar-refractivity contribution in [3.05, 3.63) is 46.8 Å². The molecule has 1 aromatic heterocycles. The Morgan fingerprint density at radius 1 is 1.25 bits per heavy atom. The van der Waals surface area contributed by atoms with Crippen LogP contribution in [0.4, 0.5) is 10.5 Å². The number of nitrogens with one attached hydrogen (secondary N) is 2. The monoisotopic (exact) mass is 383 g/mol. The minimum Gasteiger partial charge on any atom is -0.379 e. The largest absolute Gasteiger partial charge is 0.379 e. The molecule has 0 radical (unpaired) electrons. The first-order valence-corrected chi connectivity index (χ1v) is 10.1. The number of hydrogen-bond acceptors (Lipinski definition) is 4. The summed E-state index contributed by atoms with van der Waals surface area (Å²) in [5, 5.41) is 10.7. The molecular weight excluding hydrogens is 354 g/mol. The average molecular weight is 383 g/mol. The summed E-state index contributed by atoms with van der Waals surface area (Å²) < 4.78 is 5.43. The molecule has 0 unspecified atom stereocenters. The number of carbonyl (C=O) groups is 1. The molecule has 4 rings (SSSR count). The molecule has 7 nitrogen and oxygen atoms in total. The van der Waals surface area contributed by atoms with Gasteiger partial charge in [0.1, 0.15) is 0 Å². The molecule has 2 aliphatic heterocycles. The summed E-state index contributed by atoms with van der Waals surface area (Å²) in [6, 6.07) is 8.03. The van der Waals surface area contributed by atoms with Gasteiger partial charge in [-0.2, -0.15) is 5.10 Å².